The van der Waals surface area contributed by atoms with E-state index in [-0.39, 0.29) is 18.7 Å². The molecule has 0 saturated carbocycles. The summed E-state index contributed by atoms with van der Waals surface area (Å²) in [5, 5.41) is 14.8. The van der Waals surface area contributed by atoms with Crippen molar-refractivity contribution in [3.05, 3.63) is 29.3 Å². The van der Waals surface area contributed by atoms with Gasteiger partial charge in [0.05, 0.1) is 6.54 Å². The van der Waals surface area contributed by atoms with Crippen LogP contribution >= 0.6 is 0 Å². The highest BCUT2D eigenvalue weighted by Gasteiger charge is 2.18. The van der Waals surface area contributed by atoms with Crippen LogP contribution in [-0.4, -0.2) is 36.0 Å². The Hall–Kier alpha value is -1.88. The Kier molecular flexibility index (Phi) is 4.74. The van der Waals surface area contributed by atoms with Crippen molar-refractivity contribution in [1.29, 1.82) is 0 Å². The molecule has 0 saturated heterocycles. The maximum Gasteiger partial charge on any atom is 0.303 e. The Morgan fingerprint density at radius 2 is 2.25 bits per heavy atom. The number of hydrogen-bond donors (Lipinski definition) is 3. The summed E-state index contributed by atoms with van der Waals surface area (Å²) >= 11 is 0. The zero-order chi connectivity index (χ0) is 14.5. The Morgan fingerprint density at radius 1 is 1.45 bits per heavy atom. The average Bonchev–Trinajstić information content (AvgIpc) is 2.76. The van der Waals surface area contributed by atoms with Gasteiger partial charge in [0.1, 0.15) is 0 Å². The fraction of sp³-hybridized carbons (Fsp3) is 0.467. The number of fused-ring (bicyclic) bond motifs is 1. The van der Waals surface area contributed by atoms with E-state index in [9.17, 15) is 9.59 Å². The van der Waals surface area contributed by atoms with Crippen LogP contribution in [-0.2, 0) is 11.2 Å². The summed E-state index contributed by atoms with van der Waals surface area (Å²) in [5.41, 5.74) is 3.02. The normalized spacial score (nSPS) is 16.6. The van der Waals surface area contributed by atoms with E-state index in [2.05, 4.69) is 17.6 Å². The summed E-state index contributed by atoms with van der Waals surface area (Å²) in [5.74, 6) is -0.763. The van der Waals surface area contributed by atoms with Crippen molar-refractivity contribution >= 4 is 17.4 Å². The van der Waals surface area contributed by atoms with Crippen LogP contribution in [0.4, 0.5) is 5.69 Å². The number of benzene rings is 1. The molecule has 0 aromatic heterocycles. The van der Waals surface area contributed by atoms with Crippen LogP contribution in [0.2, 0.25) is 0 Å². The molecule has 1 atom stereocenters. The number of carbonyl (C=O) groups is 2. The standard InChI is InChI=1S/C15H20N2O3/c1-10-7-12-8-11(4-5-13(12)17-10)14(18)9-16-6-2-3-15(19)20/h4-5,8,10,16-17H,2-3,6-7,9H2,1H3,(H,19,20). The van der Waals surface area contributed by atoms with E-state index in [0.29, 0.717) is 24.6 Å². The van der Waals surface area contributed by atoms with E-state index < -0.39 is 5.97 Å². The van der Waals surface area contributed by atoms with Gasteiger partial charge in [-0.3, -0.25) is 9.59 Å². The highest BCUT2D eigenvalue weighted by Crippen LogP contribution is 2.26. The Bertz CT molecular complexity index is 514. The molecule has 20 heavy (non-hydrogen) atoms. The minimum atomic E-state index is -0.807. The van der Waals surface area contributed by atoms with Crippen molar-refractivity contribution in [2.75, 3.05) is 18.4 Å². The first-order chi connectivity index (χ1) is 9.56. The van der Waals surface area contributed by atoms with Crippen molar-refractivity contribution in [2.24, 2.45) is 0 Å². The highest BCUT2D eigenvalue weighted by atomic mass is 16.4. The molecule has 1 aliphatic heterocycles. The summed E-state index contributed by atoms with van der Waals surface area (Å²) in [4.78, 5) is 22.4. The first kappa shape index (κ1) is 14.5. The number of hydrogen-bond acceptors (Lipinski definition) is 4. The van der Waals surface area contributed by atoms with Crippen molar-refractivity contribution in [3.8, 4) is 0 Å². The second-order valence-electron chi connectivity index (χ2n) is 5.22. The topological polar surface area (TPSA) is 78.4 Å². The molecule has 108 valence electrons. The Morgan fingerprint density at radius 3 is 3.00 bits per heavy atom. The van der Waals surface area contributed by atoms with Gasteiger partial charge in [-0.15, -0.1) is 0 Å². The molecule has 0 radical (unpaired) electrons. The fourth-order valence-electron chi connectivity index (χ4n) is 2.39. The number of nitrogens with one attached hydrogen (secondary N) is 2. The average molecular weight is 276 g/mol. The van der Waals surface area contributed by atoms with E-state index in [1.54, 1.807) is 0 Å². The van der Waals surface area contributed by atoms with Gasteiger partial charge in [-0.2, -0.15) is 0 Å². The van der Waals surface area contributed by atoms with E-state index in [1.807, 2.05) is 18.2 Å². The van der Waals surface area contributed by atoms with E-state index in [4.69, 9.17) is 5.11 Å². The first-order valence-electron chi connectivity index (χ1n) is 6.91. The highest BCUT2D eigenvalue weighted by molar-refractivity contribution is 5.98. The minimum Gasteiger partial charge on any atom is -0.481 e. The van der Waals surface area contributed by atoms with Crippen molar-refractivity contribution < 1.29 is 14.7 Å². The predicted molar refractivity (Wildman–Crippen MR) is 77.3 cm³/mol. The Balaban J connectivity index is 1.81. The van der Waals surface area contributed by atoms with Crippen LogP contribution in [0.1, 0.15) is 35.7 Å². The van der Waals surface area contributed by atoms with E-state index >= 15 is 0 Å². The number of Topliss-reactive ketones (excluding diaryl/α,β-unsaturated/α-hetero) is 1. The van der Waals surface area contributed by atoms with Crippen LogP contribution in [0, 0.1) is 0 Å². The van der Waals surface area contributed by atoms with Crippen LogP contribution in [0.15, 0.2) is 18.2 Å². The van der Waals surface area contributed by atoms with Crippen molar-refractivity contribution in [2.45, 2.75) is 32.2 Å². The zero-order valence-electron chi connectivity index (χ0n) is 11.6. The molecule has 1 aliphatic rings. The summed E-state index contributed by atoms with van der Waals surface area (Å²) in [6.45, 7) is 2.91. The predicted octanol–water partition coefficient (Wildman–Crippen LogP) is 1.68. The summed E-state index contributed by atoms with van der Waals surface area (Å²) in [6, 6.07) is 6.17. The van der Waals surface area contributed by atoms with Gasteiger partial charge in [0.15, 0.2) is 5.78 Å². The molecule has 1 aromatic carbocycles. The number of anilines is 1. The van der Waals surface area contributed by atoms with Gasteiger partial charge in [-0.25, -0.2) is 0 Å². The molecular formula is C15H20N2O3. The summed E-state index contributed by atoms with van der Waals surface area (Å²) < 4.78 is 0. The second kappa shape index (κ2) is 6.52. The maximum absolute atomic E-state index is 12.0. The molecule has 3 N–H and O–H groups in total. The minimum absolute atomic E-state index is 0.0441. The molecule has 5 nitrogen and oxygen atoms in total. The first-order valence-corrected chi connectivity index (χ1v) is 6.91. The van der Waals surface area contributed by atoms with Gasteiger partial charge in [-0.1, -0.05) is 0 Å². The summed E-state index contributed by atoms with van der Waals surface area (Å²) in [7, 11) is 0. The lowest BCUT2D eigenvalue weighted by Crippen LogP contribution is -2.24. The molecule has 0 bridgehead atoms. The van der Waals surface area contributed by atoms with Crippen LogP contribution < -0.4 is 10.6 Å². The Labute approximate surface area is 118 Å². The van der Waals surface area contributed by atoms with Gasteiger partial charge in [-0.05, 0) is 50.1 Å². The number of carboxylic acid groups (broad SMARTS) is 1. The van der Waals surface area contributed by atoms with Crippen molar-refractivity contribution in [3.63, 3.8) is 0 Å². The summed E-state index contributed by atoms with van der Waals surface area (Å²) in [6.07, 6.45) is 1.61. The number of carbonyl (C=O) groups excluding carboxylic acids is 1. The third-order valence-electron chi connectivity index (χ3n) is 3.38. The fourth-order valence-corrected chi connectivity index (χ4v) is 2.39. The largest absolute Gasteiger partial charge is 0.481 e. The van der Waals surface area contributed by atoms with E-state index in [1.165, 1.54) is 5.56 Å². The third-order valence-corrected chi connectivity index (χ3v) is 3.38. The lowest BCUT2D eigenvalue weighted by Gasteiger charge is -2.05. The van der Waals surface area contributed by atoms with Gasteiger partial charge >= 0.3 is 5.97 Å². The van der Waals surface area contributed by atoms with Crippen molar-refractivity contribution in [1.82, 2.24) is 5.32 Å². The van der Waals surface area contributed by atoms with Gasteiger partial charge in [0, 0.05) is 23.7 Å². The second-order valence-corrected chi connectivity index (χ2v) is 5.22. The zero-order valence-corrected chi connectivity index (χ0v) is 11.6. The molecule has 1 heterocycles. The number of rotatable bonds is 7. The van der Waals surface area contributed by atoms with Crippen LogP contribution in [0.5, 0.6) is 0 Å². The maximum atomic E-state index is 12.0. The van der Waals surface area contributed by atoms with Crippen LogP contribution in [0.25, 0.3) is 0 Å². The lowest BCUT2D eigenvalue weighted by molar-refractivity contribution is -0.137. The number of aliphatic carboxylic acids is 1. The molecule has 0 spiro atoms. The van der Waals surface area contributed by atoms with Gasteiger partial charge < -0.3 is 15.7 Å². The molecule has 0 aliphatic carbocycles. The molecule has 2 rings (SSSR count). The molecule has 0 amide bonds. The van der Waals surface area contributed by atoms with Crippen LogP contribution in [0.3, 0.4) is 0 Å². The number of ketones is 1. The quantitative estimate of drug-likeness (QED) is 0.521. The number of carboxylic acids is 1. The molecular weight excluding hydrogens is 256 g/mol. The van der Waals surface area contributed by atoms with Gasteiger partial charge in [0.25, 0.3) is 0 Å². The molecule has 1 unspecified atom stereocenters. The smallest absolute Gasteiger partial charge is 0.303 e. The molecule has 1 aromatic rings. The molecule has 5 heteroatoms. The van der Waals surface area contributed by atoms with E-state index in [0.717, 1.165) is 12.1 Å². The monoisotopic (exact) mass is 276 g/mol. The lowest BCUT2D eigenvalue weighted by atomic mass is 10.0. The molecule has 0 fully saturated rings. The van der Waals surface area contributed by atoms with Gasteiger partial charge in [0.2, 0.25) is 0 Å². The third kappa shape index (κ3) is 3.81. The SMILES string of the molecule is CC1Cc2cc(C(=O)CNCCCC(=O)O)ccc2N1.